The average molecular weight is 384 g/mol. The van der Waals surface area contributed by atoms with Crippen molar-refractivity contribution in [2.24, 2.45) is 0 Å². The van der Waals surface area contributed by atoms with Crippen LogP contribution in [0.15, 0.2) is 78.9 Å². The molecule has 0 unspecified atom stereocenters. The number of halogens is 1. The molecular formula is C21H21FN2O2S. The van der Waals surface area contributed by atoms with Gasteiger partial charge in [0.1, 0.15) is 5.82 Å². The van der Waals surface area contributed by atoms with E-state index < -0.39 is 10.0 Å². The van der Waals surface area contributed by atoms with Crippen LogP contribution in [0.2, 0.25) is 0 Å². The molecule has 0 heterocycles. The van der Waals surface area contributed by atoms with E-state index in [4.69, 9.17) is 0 Å². The molecule has 3 rings (SSSR count). The summed E-state index contributed by atoms with van der Waals surface area (Å²) in [5.74, 6) is -0.232. The number of nitrogens with one attached hydrogen (secondary N) is 2. The van der Waals surface area contributed by atoms with Gasteiger partial charge in [-0.1, -0.05) is 42.5 Å². The molecule has 0 fully saturated rings. The van der Waals surface area contributed by atoms with Gasteiger partial charge in [-0.25, -0.2) is 12.8 Å². The monoisotopic (exact) mass is 384 g/mol. The van der Waals surface area contributed by atoms with Gasteiger partial charge in [0.25, 0.3) is 0 Å². The fourth-order valence-electron chi connectivity index (χ4n) is 2.59. The highest BCUT2D eigenvalue weighted by Gasteiger charge is 2.10. The fourth-order valence-corrected chi connectivity index (χ4v) is 3.69. The van der Waals surface area contributed by atoms with Crippen molar-refractivity contribution in [2.75, 3.05) is 15.8 Å². The fraction of sp³-hybridized carbons (Fsp3) is 0.143. The number of hydrogen-bond acceptors (Lipinski definition) is 3. The second-order valence-corrected chi connectivity index (χ2v) is 8.06. The minimum atomic E-state index is -3.41. The smallest absolute Gasteiger partial charge is 0.233 e. The highest BCUT2D eigenvalue weighted by molar-refractivity contribution is 7.92. The summed E-state index contributed by atoms with van der Waals surface area (Å²) in [6.45, 7) is 0.558. The molecule has 0 atom stereocenters. The van der Waals surface area contributed by atoms with Crippen molar-refractivity contribution >= 4 is 21.4 Å². The van der Waals surface area contributed by atoms with Crippen molar-refractivity contribution in [1.29, 1.82) is 0 Å². The highest BCUT2D eigenvalue weighted by Crippen LogP contribution is 2.16. The van der Waals surface area contributed by atoms with E-state index in [0.29, 0.717) is 18.7 Å². The maximum atomic E-state index is 12.9. The summed E-state index contributed by atoms with van der Waals surface area (Å²) in [6.07, 6.45) is 0.466. The van der Waals surface area contributed by atoms with Crippen LogP contribution >= 0.6 is 0 Å². The minimum absolute atomic E-state index is 0.0293. The third kappa shape index (κ3) is 6.11. The lowest BCUT2D eigenvalue weighted by Gasteiger charge is -2.10. The number of benzene rings is 3. The van der Waals surface area contributed by atoms with Crippen LogP contribution in [0, 0.1) is 5.82 Å². The van der Waals surface area contributed by atoms with Gasteiger partial charge in [-0.15, -0.1) is 0 Å². The van der Waals surface area contributed by atoms with E-state index in [1.807, 2.05) is 30.3 Å². The van der Waals surface area contributed by atoms with E-state index in [-0.39, 0.29) is 11.6 Å². The first kappa shape index (κ1) is 18.9. The third-order valence-electron chi connectivity index (χ3n) is 4.07. The molecule has 0 amide bonds. The summed E-state index contributed by atoms with van der Waals surface area (Å²) in [4.78, 5) is 0. The normalized spacial score (nSPS) is 11.1. The van der Waals surface area contributed by atoms with Crippen molar-refractivity contribution in [3.8, 4) is 0 Å². The molecule has 3 aromatic carbocycles. The number of rotatable bonds is 8. The van der Waals surface area contributed by atoms with Crippen LogP contribution < -0.4 is 10.0 Å². The van der Waals surface area contributed by atoms with E-state index >= 15 is 0 Å². The van der Waals surface area contributed by atoms with E-state index in [2.05, 4.69) is 10.0 Å². The Kier molecular flexibility index (Phi) is 6.08. The molecule has 0 aliphatic rings. The van der Waals surface area contributed by atoms with E-state index in [9.17, 15) is 12.8 Å². The van der Waals surface area contributed by atoms with Gasteiger partial charge in [-0.2, -0.15) is 0 Å². The minimum Gasteiger partial charge on any atom is -0.381 e. The zero-order valence-corrected chi connectivity index (χ0v) is 15.5. The molecule has 6 heteroatoms. The van der Waals surface area contributed by atoms with Crippen LogP contribution in [0.4, 0.5) is 15.8 Å². The van der Waals surface area contributed by atoms with E-state index in [0.717, 1.165) is 16.8 Å². The van der Waals surface area contributed by atoms with Gasteiger partial charge >= 0.3 is 0 Å². The highest BCUT2D eigenvalue weighted by atomic mass is 32.2. The molecule has 0 aliphatic carbocycles. The molecule has 3 aromatic rings. The maximum Gasteiger partial charge on any atom is 0.233 e. The molecule has 0 spiro atoms. The standard InChI is InChI=1S/C21H21FN2O2S/c22-19-8-6-18(7-9-19)16-23-20-10-12-21(13-11-20)24-27(25,26)15-14-17-4-2-1-3-5-17/h1-13,23-24H,14-16H2. The summed E-state index contributed by atoms with van der Waals surface area (Å²) in [5.41, 5.74) is 3.33. The molecule has 0 aliphatic heterocycles. The summed E-state index contributed by atoms with van der Waals surface area (Å²) in [5, 5.41) is 3.22. The summed E-state index contributed by atoms with van der Waals surface area (Å²) < 4.78 is 40.0. The molecule has 0 aromatic heterocycles. The predicted molar refractivity (Wildman–Crippen MR) is 108 cm³/mol. The molecule has 0 radical (unpaired) electrons. The van der Waals surface area contributed by atoms with Gasteiger partial charge in [-0.3, -0.25) is 4.72 Å². The second-order valence-electron chi connectivity index (χ2n) is 6.21. The Balaban J connectivity index is 1.52. The van der Waals surface area contributed by atoms with Crippen molar-refractivity contribution in [3.05, 3.63) is 95.8 Å². The Morgan fingerprint density at radius 1 is 0.741 bits per heavy atom. The van der Waals surface area contributed by atoms with Gasteiger partial charge in [0.05, 0.1) is 5.75 Å². The summed E-state index contributed by atoms with van der Waals surface area (Å²) in [6, 6.07) is 22.8. The van der Waals surface area contributed by atoms with Crippen LogP contribution in [0.3, 0.4) is 0 Å². The number of anilines is 2. The second kappa shape index (κ2) is 8.68. The molecule has 27 heavy (non-hydrogen) atoms. The van der Waals surface area contributed by atoms with Crippen LogP contribution in [-0.2, 0) is 23.0 Å². The molecule has 4 nitrogen and oxygen atoms in total. The first-order valence-electron chi connectivity index (χ1n) is 8.63. The molecule has 2 N–H and O–H groups in total. The quantitative estimate of drug-likeness (QED) is 0.604. The van der Waals surface area contributed by atoms with Crippen LogP contribution in [0.25, 0.3) is 0 Å². The van der Waals surface area contributed by atoms with Crippen molar-refractivity contribution in [3.63, 3.8) is 0 Å². The Bertz CT molecular complexity index is 957. The number of sulfonamides is 1. The van der Waals surface area contributed by atoms with E-state index in [1.165, 1.54) is 12.1 Å². The third-order valence-corrected chi connectivity index (χ3v) is 5.36. The van der Waals surface area contributed by atoms with Crippen LogP contribution in [0.5, 0.6) is 0 Å². The van der Waals surface area contributed by atoms with Gasteiger partial charge in [0, 0.05) is 17.9 Å². The zero-order chi connectivity index (χ0) is 19.1. The molecule has 140 valence electrons. The van der Waals surface area contributed by atoms with Crippen LogP contribution in [0.1, 0.15) is 11.1 Å². The van der Waals surface area contributed by atoms with Gasteiger partial charge in [-0.05, 0) is 53.9 Å². The molecular weight excluding hydrogens is 363 g/mol. The lowest BCUT2D eigenvalue weighted by Crippen LogP contribution is -2.18. The lowest BCUT2D eigenvalue weighted by molar-refractivity contribution is 0.600. The Morgan fingerprint density at radius 3 is 2.04 bits per heavy atom. The first-order chi connectivity index (χ1) is 13.0. The number of aryl methyl sites for hydroxylation is 1. The van der Waals surface area contributed by atoms with Gasteiger partial charge in [0.2, 0.25) is 10.0 Å². The average Bonchev–Trinajstić information content (AvgIpc) is 2.68. The van der Waals surface area contributed by atoms with Crippen LogP contribution in [-0.4, -0.2) is 14.2 Å². The van der Waals surface area contributed by atoms with Gasteiger partial charge in [0.15, 0.2) is 0 Å². The Hall–Kier alpha value is -2.86. The van der Waals surface area contributed by atoms with Crippen molar-refractivity contribution in [2.45, 2.75) is 13.0 Å². The summed E-state index contributed by atoms with van der Waals surface area (Å²) in [7, 11) is -3.41. The lowest BCUT2D eigenvalue weighted by atomic mass is 10.2. The maximum absolute atomic E-state index is 12.9. The van der Waals surface area contributed by atoms with Crippen molar-refractivity contribution in [1.82, 2.24) is 0 Å². The SMILES string of the molecule is O=S(=O)(CCc1ccccc1)Nc1ccc(NCc2ccc(F)cc2)cc1. The largest absolute Gasteiger partial charge is 0.381 e. The first-order valence-corrected chi connectivity index (χ1v) is 10.3. The predicted octanol–water partition coefficient (Wildman–Crippen LogP) is 4.42. The summed E-state index contributed by atoms with van der Waals surface area (Å²) >= 11 is 0. The molecule has 0 saturated carbocycles. The Labute approximate surface area is 159 Å². The molecule has 0 bridgehead atoms. The van der Waals surface area contributed by atoms with Gasteiger partial charge < -0.3 is 5.32 Å². The number of hydrogen-bond donors (Lipinski definition) is 2. The van der Waals surface area contributed by atoms with E-state index in [1.54, 1.807) is 36.4 Å². The topological polar surface area (TPSA) is 58.2 Å². The zero-order valence-electron chi connectivity index (χ0n) is 14.7. The Morgan fingerprint density at radius 2 is 1.37 bits per heavy atom. The van der Waals surface area contributed by atoms with Crippen molar-refractivity contribution < 1.29 is 12.8 Å². The molecule has 0 saturated heterocycles.